The third-order valence-electron chi connectivity index (χ3n) is 2.64. The molecule has 1 aromatic heterocycles. The molecule has 1 nitrogen and oxygen atoms in total. The van der Waals surface area contributed by atoms with Crippen LogP contribution >= 0.6 is 0 Å². The minimum absolute atomic E-state index is 0. The van der Waals surface area contributed by atoms with E-state index in [0.717, 1.165) is 0 Å². The zero-order valence-electron chi connectivity index (χ0n) is 11.5. The van der Waals surface area contributed by atoms with Crippen LogP contribution in [0.1, 0.15) is 0 Å². The van der Waals surface area contributed by atoms with Crippen molar-refractivity contribution in [2.75, 3.05) is 0 Å². The second kappa shape index (κ2) is 11.4. The van der Waals surface area contributed by atoms with Gasteiger partial charge in [0.05, 0.1) is 8.80 Å². The first-order valence-electron chi connectivity index (χ1n) is 5.73. The van der Waals surface area contributed by atoms with Gasteiger partial charge in [-0.1, -0.05) is 19.2 Å². The number of aromatic nitrogens is 1. The zero-order chi connectivity index (χ0) is 12.1. The molecule has 1 heterocycles. The van der Waals surface area contributed by atoms with Gasteiger partial charge in [0.15, 0.2) is 0 Å². The largest absolute Gasteiger partial charge is 4.00 e. The predicted molar refractivity (Wildman–Crippen MR) is 76.3 cm³/mol. The Bertz CT molecular complexity index is 514. The van der Waals surface area contributed by atoms with Crippen molar-refractivity contribution in [3.05, 3.63) is 60.9 Å². The van der Waals surface area contributed by atoms with Crippen molar-refractivity contribution in [1.29, 1.82) is 0 Å². The molecular formula is C15H16Cl2NSiZr. The molecule has 0 spiro atoms. The molecule has 0 unspecified atom stereocenters. The Labute approximate surface area is 154 Å². The molecule has 0 saturated heterocycles. The molecule has 1 N–H and O–H groups in total. The van der Waals surface area contributed by atoms with Crippen molar-refractivity contribution < 1.29 is 51.0 Å². The van der Waals surface area contributed by atoms with Crippen LogP contribution in [0.25, 0.3) is 10.8 Å². The second-order valence-corrected chi connectivity index (χ2v) is 6.76. The molecule has 0 aliphatic rings. The number of aromatic amines is 1. The minimum Gasteiger partial charge on any atom is -1.00 e. The molecular weight excluding hydrogens is 384 g/mol. The van der Waals surface area contributed by atoms with Gasteiger partial charge in [-0.2, -0.15) is 35.0 Å². The molecule has 0 bridgehead atoms. The van der Waals surface area contributed by atoms with Gasteiger partial charge in [-0.15, -0.1) is 35.8 Å². The van der Waals surface area contributed by atoms with Crippen molar-refractivity contribution in [3.63, 3.8) is 0 Å². The van der Waals surface area contributed by atoms with Crippen molar-refractivity contribution in [2.45, 2.75) is 13.1 Å². The predicted octanol–water partition coefficient (Wildman–Crippen LogP) is -2.66. The van der Waals surface area contributed by atoms with Crippen molar-refractivity contribution in [3.8, 4) is 0 Å². The Hall–Kier alpha value is -0.210. The van der Waals surface area contributed by atoms with E-state index in [4.69, 9.17) is 0 Å². The van der Waals surface area contributed by atoms with Crippen LogP contribution < -0.4 is 30.0 Å². The van der Waals surface area contributed by atoms with Crippen LogP contribution in [0.5, 0.6) is 0 Å². The second-order valence-electron chi connectivity index (χ2n) is 4.19. The quantitative estimate of drug-likeness (QED) is 0.339. The van der Waals surface area contributed by atoms with E-state index >= 15 is 0 Å². The van der Waals surface area contributed by atoms with Crippen molar-refractivity contribution >= 4 is 24.8 Å². The van der Waals surface area contributed by atoms with Crippen LogP contribution in [0.4, 0.5) is 0 Å². The summed E-state index contributed by atoms with van der Waals surface area (Å²) in [4.78, 5) is 2.74. The van der Waals surface area contributed by atoms with Gasteiger partial charge in [0, 0.05) is 0 Å². The van der Waals surface area contributed by atoms with E-state index in [-0.39, 0.29) is 59.8 Å². The third kappa shape index (κ3) is 6.49. The maximum absolute atomic E-state index is 2.74. The van der Waals surface area contributed by atoms with Gasteiger partial charge in [0.25, 0.3) is 0 Å². The SMILES string of the molecule is C[Si](C)c1cc2ccccc2[cH-]1.[Cl-].[Cl-].[Zr+4].[c-]1ccc[nH]1. The Morgan fingerprint density at radius 2 is 1.80 bits per heavy atom. The summed E-state index contributed by atoms with van der Waals surface area (Å²) in [6.45, 7) is 4.66. The fourth-order valence-electron chi connectivity index (χ4n) is 1.68. The molecule has 0 fully saturated rings. The first kappa shape index (κ1) is 22.1. The number of H-pyrrole nitrogens is 1. The van der Waals surface area contributed by atoms with Crippen LogP contribution in [-0.4, -0.2) is 13.8 Å². The standard InChI is InChI=1S/C11H12Si.C4H4N.2ClH.Zr/c1-12(2)11-7-9-5-3-4-6-10(9)8-11;1-2-4-5-3-1;;;/h3-8H,1-2H3;1-3,5H;2*1H;/q2*-1;;;+4/p-2. The van der Waals surface area contributed by atoms with Gasteiger partial charge in [-0.3, -0.25) is 0 Å². The van der Waals surface area contributed by atoms with E-state index in [0.29, 0.717) is 0 Å². The number of halogens is 2. The molecule has 0 atom stereocenters. The molecule has 103 valence electrons. The monoisotopic (exact) mass is 398 g/mol. The van der Waals surface area contributed by atoms with E-state index in [9.17, 15) is 0 Å². The number of benzene rings is 1. The summed E-state index contributed by atoms with van der Waals surface area (Å²) >= 11 is 0. The number of fused-ring (bicyclic) bond motifs is 1. The summed E-state index contributed by atoms with van der Waals surface area (Å²) in [5.74, 6) is 0. The van der Waals surface area contributed by atoms with Gasteiger partial charge in [0.2, 0.25) is 0 Å². The Morgan fingerprint density at radius 3 is 2.25 bits per heavy atom. The number of nitrogens with one attached hydrogen (secondary N) is 1. The van der Waals surface area contributed by atoms with Gasteiger partial charge in [-0.25, -0.2) is 0 Å². The van der Waals surface area contributed by atoms with Crippen LogP contribution in [0.2, 0.25) is 13.1 Å². The van der Waals surface area contributed by atoms with Gasteiger partial charge < -0.3 is 29.8 Å². The summed E-state index contributed by atoms with van der Waals surface area (Å²) in [6.07, 6.45) is 4.56. The average Bonchev–Trinajstić information content (AvgIpc) is 3.01. The number of hydrogen-bond donors (Lipinski definition) is 1. The van der Waals surface area contributed by atoms with Gasteiger partial charge >= 0.3 is 26.2 Å². The van der Waals surface area contributed by atoms with Gasteiger partial charge in [-0.05, 0) is 0 Å². The number of rotatable bonds is 1. The Balaban J connectivity index is 0. The summed E-state index contributed by atoms with van der Waals surface area (Å²) < 4.78 is 0. The smallest absolute Gasteiger partial charge is 1.00 e. The summed E-state index contributed by atoms with van der Waals surface area (Å²) in [5.41, 5.74) is 0. The summed E-state index contributed by atoms with van der Waals surface area (Å²) in [7, 11) is -0.273. The molecule has 0 saturated carbocycles. The van der Waals surface area contributed by atoms with E-state index in [2.05, 4.69) is 60.7 Å². The molecule has 2 aromatic carbocycles. The van der Waals surface area contributed by atoms with Crippen LogP contribution in [0, 0.1) is 6.20 Å². The topological polar surface area (TPSA) is 15.8 Å². The van der Waals surface area contributed by atoms with Crippen LogP contribution in [0.3, 0.4) is 0 Å². The summed E-state index contributed by atoms with van der Waals surface area (Å²) in [5, 5.41) is 4.32. The zero-order valence-corrected chi connectivity index (χ0v) is 16.4. The molecule has 0 aliphatic heterocycles. The molecule has 0 amide bonds. The molecule has 1 radical (unpaired) electrons. The van der Waals surface area contributed by atoms with Gasteiger partial charge in [0.1, 0.15) is 0 Å². The number of hydrogen-bond acceptors (Lipinski definition) is 0. The fourth-order valence-corrected chi connectivity index (χ4v) is 2.57. The van der Waals surface area contributed by atoms with E-state index < -0.39 is 0 Å². The maximum atomic E-state index is 2.74. The average molecular weight is 401 g/mol. The molecule has 20 heavy (non-hydrogen) atoms. The molecule has 3 rings (SSSR count). The normalized spacial score (nSPS) is 8.75. The molecule has 5 heteroatoms. The van der Waals surface area contributed by atoms with E-state index in [1.54, 1.807) is 5.19 Å². The maximum Gasteiger partial charge on any atom is 4.00 e. The van der Waals surface area contributed by atoms with E-state index in [1.807, 2.05) is 18.3 Å². The minimum atomic E-state index is -0.273. The van der Waals surface area contributed by atoms with Crippen LogP contribution in [-0.2, 0) is 26.2 Å². The summed E-state index contributed by atoms with van der Waals surface area (Å²) in [6, 6.07) is 16.9. The molecule has 0 aliphatic carbocycles. The Kier molecular flexibility index (Phi) is 12.6. The molecule has 3 aromatic rings. The fraction of sp³-hybridized carbons (Fsp3) is 0.133. The van der Waals surface area contributed by atoms with Crippen molar-refractivity contribution in [1.82, 2.24) is 4.98 Å². The first-order chi connectivity index (χ1) is 8.27. The van der Waals surface area contributed by atoms with E-state index in [1.165, 1.54) is 10.8 Å². The Morgan fingerprint density at radius 1 is 1.10 bits per heavy atom. The third-order valence-corrected chi connectivity index (χ3v) is 4.08. The van der Waals surface area contributed by atoms with Crippen LogP contribution in [0.15, 0.2) is 54.7 Å². The van der Waals surface area contributed by atoms with Crippen molar-refractivity contribution in [2.24, 2.45) is 0 Å². The first-order valence-corrected chi connectivity index (χ1v) is 8.23.